The monoisotopic (exact) mass is 542 g/mol. The number of hydrogen-bond donors (Lipinski definition) is 1. The van der Waals surface area contributed by atoms with Crippen LogP contribution in [0.15, 0.2) is 66.7 Å². The first kappa shape index (κ1) is 25.8. The maximum atomic E-state index is 12.2. The highest BCUT2D eigenvalue weighted by Crippen LogP contribution is 2.33. The average molecular weight is 543 g/mol. The molecular formula is C31H34N4O3S. The van der Waals surface area contributed by atoms with Crippen molar-refractivity contribution in [2.45, 2.75) is 57.3 Å². The fourth-order valence-electron chi connectivity index (χ4n) is 5.45. The molecule has 1 aliphatic carbocycles. The van der Waals surface area contributed by atoms with Crippen LogP contribution < -0.4 is 10.1 Å². The number of nitrogens with one attached hydrogen (secondary N) is 1. The molecule has 1 saturated carbocycles. The Morgan fingerprint density at radius 2 is 1.77 bits per heavy atom. The van der Waals surface area contributed by atoms with Crippen LogP contribution in [0.4, 0.5) is 0 Å². The molecule has 39 heavy (non-hydrogen) atoms. The Bertz CT molecular complexity index is 1320. The van der Waals surface area contributed by atoms with Crippen molar-refractivity contribution in [3.63, 3.8) is 0 Å². The van der Waals surface area contributed by atoms with E-state index in [1.165, 1.54) is 11.1 Å². The minimum absolute atomic E-state index is 0.0288. The Labute approximate surface area is 235 Å². The van der Waals surface area contributed by atoms with Gasteiger partial charge in [-0.05, 0) is 80.2 Å². The number of benzene rings is 2. The summed E-state index contributed by atoms with van der Waals surface area (Å²) in [5, 5.41) is 3.64. The zero-order chi connectivity index (χ0) is 26.8. The zero-order valence-electron chi connectivity index (χ0n) is 22.2. The van der Waals surface area contributed by atoms with E-state index < -0.39 is 0 Å². The number of carbonyl (C=O) groups is 1. The second kappa shape index (κ2) is 11.3. The van der Waals surface area contributed by atoms with Crippen LogP contribution >= 0.6 is 12.2 Å². The molecule has 3 heterocycles. The van der Waals surface area contributed by atoms with Gasteiger partial charge in [0.1, 0.15) is 12.4 Å². The molecule has 0 spiro atoms. The van der Waals surface area contributed by atoms with Gasteiger partial charge in [0, 0.05) is 49.0 Å². The van der Waals surface area contributed by atoms with Crippen LogP contribution in [0.5, 0.6) is 11.6 Å². The fourth-order valence-corrected chi connectivity index (χ4v) is 5.79. The summed E-state index contributed by atoms with van der Waals surface area (Å²) in [4.78, 5) is 21.7. The summed E-state index contributed by atoms with van der Waals surface area (Å²) in [6.45, 7) is 5.53. The van der Waals surface area contributed by atoms with Crippen molar-refractivity contribution < 1.29 is 14.3 Å². The molecule has 0 bridgehead atoms. The Kier molecular flexibility index (Phi) is 7.48. The first-order chi connectivity index (χ1) is 19.0. The molecule has 1 atom stereocenters. The number of rotatable bonds is 8. The molecule has 6 rings (SSSR count). The number of aromatic nitrogens is 1. The van der Waals surface area contributed by atoms with Crippen molar-refractivity contribution in [1.82, 2.24) is 20.1 Å². The maximum absolute atomic E-state index is 12.2. The SMILES string of the molecule is Cc1nc(Oc2ccc(C(=O)NC3CC3)cc2)ccc1CN1CCC(N2C(=S)OC[C@H]2c2ccccc2)CC1. The molecule has 8 heteroatoms. The van der Waals surface area contributed by atoms with Crippen molar-refractivity contribution in [2.75, 3.05) is 19.7 Å². The molecule has 7 nitrogen and oxygen atoms in total. The molecule has 2 saturated heterocycles. The van der Waals surface area contributed by atoms with E-state index in [9.17, 15) is 4.79 Å². The molecule has 1 aromatic heterocycles. The Hall–Kier alpha value is -3.49. The van der Waals surface area contributed by atoms with Crippen LogP contribution in [0.2, 0.25) is 0 Å². The molecule has 3 fully saturated rings. The van der Waals surface area contributed by atoms with Gasteiger partial charge in [-0.25, -0.2) is 4.98 Å². The van der Waals surface area contributed by atoms with Gasteiger partial charge in [0.15, 0.2) is 0 Å². The summed E-state index contributed by atoms with van der Waals surface area (Å²) in [7, 11) is 0. The van der Waals surface area contributed by atoms with Crippen LogP contribution in [0.25, 0.3) is 0 Å². The average Bonchev–Trinajstić information content (AvgIpc) is 3.69. The van der Waals surface area contributed by atoms with Crippen LogP contribution in [0, 0.1) is 6.92 Å². The van der Waals surface area contributed by atoms with Gasteiger partial charge in [0.2, 0.25) is 5.88 Å². The summed E-state index contributed by atoms with van der Waals surface area (Å²) in [6, 6.07) is 22.7. The second-order valence-corrected chi connectivity index (χ2v) is 11.0. The second-order valence-electron chi connectivity index (χ2n) is 10.7. The lowest BCUT2D eigenvalue weighted by molar-refractivity contribution is 0.0951. The predicted molar refractivity (Wildman–Crippen MR) is 154 cm³/mol. The van der Waals surface area contributed by atoms with E-state index in [2.05, 4.69) is 45.4 Å². The maximum Gasteiger partial charge on any atom is 0.260 e. The van der Waals surface area contributed by atoms with E-state index >= 15 is 0 Å². The van der Waals surface area contributed by atoms with Crippen LogP contribution in [-0.2, 0) is 11.3 Å². The molecule has 0 radical (unpaired) electrons. The van der Waals surface area contributed by atoms with Crippen molar-refractivity contribution in [1.29, 1.82) is 0 Å². The van der Waals surface area contributed by atoms with Crippen LogP contribution in [0.1, 0.15) is 58.9 Å². The highest BCUT2D eigenvalue weighted by molar-refractivity contribution is 7.80. The number of ether oxygens (including phenoxy) is 2. The summed E-state index contributed by atoms with van der Waals surface area (Å²) in [6.07, 6.45) is 4.25. The van der Waals surface area contributed by atoms with Crippen LogP contribution in [0.3, 0.4) is 0 Å². The smallest absolute Gasteiger partial charge is 0.260 e. The third-order valence-electron chi connectivity index (χ3n) is 7.86. The van der Waals surface area contributed by atoms with Crippen molar-refractivity contribution in [3.8, 4) is 11.6 Å². The summed E-state index contributed by atoms with van der Waals surface area (Å²) >= 11 is 5.60. The Balaban J connectivity index is 1.02. The summed E-state index contributed by atoms with van der Waals surface area (Å²) in [5.74, 6) is 1.19. The van der Waals surface area contributed by atoms with E-state index in [0.29, 0.717) is 41.1 Å². The van der Waals surface area contributed by atoms with Crippen molar-refractivity contribution in [3.05, 3.63) is 89.1 Å². The third kappa shape index (κ3) is 6.07. The highest BCUT2D eigenvalue weighted by atomic mass is 32.1. The lowest BCUT2D eigenvalue weighted by atomic mass is 9.99. The molecule has 3 aromatic rings. The topological polar surface area (TPSA) is 66.9 Å². The number of piperidine rings is 1. The minimum Gasteiger partial charge on any atom is -0.468 e. The first-order valence-electron chi connectivity index (χ1n) is 13.8. The van der Waals surface area contributed by atoms with Gasteiger partial charge >= 0.3 is 0 Å². The molecule has 1 amide bonds. The normalized spacial score (nSPS) is 20.1. The van der Waals surface area contributed by atoms with Gasteiger partial charge in [0.05, 0.1) is 6.04 Å². The van der Waals surface area contributed by atoms with E-state index in [4.69, 9.17) is 26.7 Å². The van der Waals surface area contributed by atoms with E-state index in [1.807, 2.05) is 31.2 Å². The lowest BCUT2D eigenvalue weighted by Gasteiger charge is -2.39. The number of hydrogen-bond acceptors (Lipinski definition) is 6. The van der Waals surface area contributed by atoms with E-state index in [-0.39, 0.29) is 11.9 Å². The number of thiocarbonyl (C=S) groups is 1. The molecule has 2 aliphatic heterocycles. The largest absolute Gasteiger partial charge is 0.468 e. The molecule has 202 valence electrons. The molecular weight excluding hydrogens is 508 g/mol. The number of pyridine rings is 1. The lowest BCUT2D eigenvalue weighted by Crippen LogP contribution is -2.45. The fraction of sp³-hybridized carbons (Fsp3) is 0.387. The highest BCUT2D eigenvalue weighted by Gasteiger charge is 2.37. The minimum atomic E-state index is -0.0288. The van der Waals surface area contributed by atoms with Crippen LogP contribution in [-0.4, -0.2) is 57.6 Å². The van der Waals surface area contributed by atoms with Gasteiger partial charge in [0.25, 0.3) is 11.1 Å². The third-order valence-corrected chi connectivity index (χ3v) is 8.19. The van der Waals surface area contributed by atoms with Gasteiger partial charge in [-0.15, -0.1) is 0 Å². The zero-order valence-corrected chi connectivity index (χ0v) is 23.0. The van der Waals surface area contributed by atoms with Gasteiger partial charge in [-0.3, -0.25) is 9.69 Å². The number of aryl methyl sites for hydroxylation is 1. The molecule has 2 aromatic carbocycles. The summed E-state index contributed by atoms with van der Waals surface area (Å²) < 4.78 is 11.8. The van der Waals surface area contributed by atoms with Gasteiger partial charge in [-0.1, -0.05) is 36.4 Å². The quantitative estimate of drug-likeness (QED) is 0.383. The molecule has 3 aliphatic rings. The van der Waals surface area contributed by atoms with Gasteiger partial charge in [-0.2, -0.15) is 0 Å². The Morgan fingerprint density at radius 3 is 2.46 bits per heavy atom. The number of carbonyl (C=O) groups excluding carboxylic acids is 1. The number of likely N-dealkylation sites (tertiary alicyclic amines) is 1. The first-order valence-corrected chi connectivity index (χ1v) is 14.2. The number of nitrogens with zero attached hydrogens (tertiary/aromatic N) is 3. The standard InChI is InChI=1S/C31H34N4O3S/c1-21-24(9-14-29(32-21)38-27-12-7-23(8-13-27)30(36)33-25-10-11-25)19-34-17-15-26(16-18-34)35-28(20-37-31(35)39)22-5-3-2-4-6-22/h2-9,12-14,25-26,28H,10-11,15-20H2,1H3,(H,33,36)/t28-/m0/s1. The van der Waals surface area contributed by atoms with Crippen molar-refractivity contribution in [2.24, 2.45) is 0 Å². The summed E-state index contributed by atoms with van der Waals surface area (Å²) in [5.41, 5.74) is 4.08. The molecule has 1 N–H and O–H groups in total. The van der Waals surface area contributed by atoms with E-state index in [1.54, 1.807) is 12.1 Å². The van der Waals surface area contributed by atoms with Gasteiger partial charge < -0.3 is 19.7 Å². The number of amides is 1. The predicted octanol–water partition coefficient (Wildman–Crippen LogP) is 5.40. The molecule has 0 unspecified atom stereocenters. The Morgan fingerprint density at radius 1 is 1.03 bits per heavy atom. The van der Waals surface area contributed by atoms with Crippen molar-refractivity contribution >= 4 is 23.3 Å². The van der Waals surface area contributed by atoms with E-state index in [0.717, 1.165) is 51.0 Å².